The van der Waals surface area contributed by atoms with Crippen LogP contribution in [-0.4, -0.2) is 62.9 Å². The van der Waals surface area contributed by atoms with Crippen molar-refractivity contribution in [3.63, 3.8) is 0 Å². The number of hydrogen-bond acceptors (Lipinski definition) is 7. The van der Waals surface area contributed by atoms with Crippen molar-refractivity contribution in [3.05, 3.63) is 66.1 Å². The van der Waals surface area contributed by atoms with E-state index in [1.165, 1.54) is 24.8 Å². The smallest absolute Gasteiger partial charge is 0.228 e. The fraction of sp³-hybridized carbons (Fsp3) is 0.464. The van der Waals surface area contributed by atoms with Crippen LogP contribution in [0.15, 0.2) is 59.3 Å². The van der Waals surface area contributed by atoms with Crippen molar-refractivity contribution in [2.24, 2.45) is 5.92 Å². The Morgan fingerprint density at radius 2 is 1.75 bits per heavy atom. The summed E-state index contributed by atoms with van der Waals surface area (Å²) in [5.74, 6) is 2.81. The highest BCUT2D eigenvalue weighted by molar-refractivity contribution is 5.58. The average Bonchev–Trinajstić information content (AvgIpc) is 3.56. The van der Waals surface area contributed by atoms with E-state index in [2.05, 4.69) is 54.0 Å². The van der Waals surface area contributed by atoms with Gasteiger partial charge in [-0.25, -0.2) is 9.97 Å². The number of rotatable bonds is 6. The molecular weight excluding hydrogens is 452 g/mol. The van der Waals surface area contributed by atoms with Gasteiger partial charge in [0.2, 0.25) is 11.8 Å². The number of fused-ring (bicyclic) bond motifs is 1. The number of furan rings is 1. The summed E-state index contributed by atoms with van der Waals surface area (Å²) in [7, 11) is 0. The van der Waals surface area contributed by atoms with Crippen molar-refractivity contribution >= 4 is 11.6 Å². The van der Waals surface area contributed by atoms with Crippen LogP contribution in [0.1, 0.15) is 37.8 Å². The average molecular weight is 487 g/mol. The zero-order valence-electron chi connectivity index (χ0n) is 21.1. The Hall–Kier alpha value is -3.23. The fourth-order valence-corrected chi connectivity index (χ4v) is 5.62. The number of piperidine rings is 1. The van der Waals surface area contributed by atoms with Crippen molar-refractivity contribution < 1.29 is 9.15 Å². The third-order valence-electron chi connectivity index (χ3n) is 7.33. The third-order valence-corrected chi connectivity index (χ3v) is 7.33. The SMILES string of the molecule is CC1CN(c2ncc(CN3CCC(Cc4ccccc4)CC3)c3nc(-c4ccco4)nn23)CC(C)O1. The van der Waals surface area contributed by atoms with E-state index in [4.69, 9.17) is 24.2 Å². The van der Waals surface area contributed by atoms with E-state index >= 15 is 0 Å². The van der Waals surface area contributed by atoms with Gasteiger partial charge in [-0.1, -0.05) is 30.3 Å². The summed E-state index contributed by atoms with van der Waals surface area (Å²) in [6, 6.07) is 14.6. The highest BCUT2D eigenvalue weighted by atomic mass is 16.5. The highest BCUT2D eigenvalue weighted by Crippen LogP contribution is 2.27. The molecule has 8 heteroatoms. The maximum atomic E-state index is 5.95. The molecule has 0 bridgehead atoms. The lowest BCUT2D eigenvalue weighted by Gasteiger charge is -2.36. The third kappa shape index (κ3) is 4.88. The first kappa shape index (κ1) is 23.2. The Kier molecular flexibility index (Phi) is 6.46. The minimum absolute atomic E-state index is 0.135. The van der Waals surface area contributed by atoms with Crippen LogP contribution in [0.4, 0.5) is 5.95 Å². The van der Waals surface area contributed by atoms with Crippen LogP contribution in [0, 0.1) is 5.92 Å². The van der Waals surface area contributed by atoms with Crippen molar-refractivity contribution in [3.8, 4) is 11.6 Å². The van der Waals surface area contributed by atoms with Crippen LogP contribution in [0.25, 0.3) is 17.2 Å². The minimum Gasteiger partial charge on any atom is -0.461 e. The van der Waals surface area contributed by atoms with Gasteiger partial charge in [-0.2, -0.15) is 4.52 Å². The number of anilines is 1. The molecule has 188 valence electrons. The standard InChI is InChI=1S/C28H34N6O2/c1-20-17-33(18-21(2)36-20)28-29-16-24(27-30-26(31-34(27)28)25-9-6-14-35-25)19-32-12-10-23(11-13-32)15-22-7-4-3-5-8-22/h3-9,14,16,20-21,23H,10-13,15,17-19H2,1-2H3. The topological polar surface area (TPSA) is 71.9 Å². The summed E-state index contributed by atoms with van der Waals surface area (Å²) in [5.41, 5.74) is 3.39. The van der Waals surface area contributed by atoms with Gasteiger partial charge in [-0.05, 0) is 69.8 Å². The second-order valence-electron chi connectivity index (χ2n) is 10.3. The molecule has 0 radical (unpaired) electrons. The molecule has 0 saturated carbocycles. The van der Waals surface area contributed by atoms with Gasteiger partial charge in [0.25, 0.3) is 0 Å². The highest BCUT2D eigenvalue weighted by Gasteiger charge is 2.27. The summed E-state index contributed by atoms with van der Waals surface area (Å²) < 4.78 is 13.5. The van der Waals surface area contributed by atoms with Gasteiger partial charge in [0, 0.05) is 31.4 Å². The Morgan fingerprint density at radius 3 is 2.47 bits per heavy atom. The Balaban J connectivity index is 1.23. The molecule has 6 rings (SSSR count). The van der Waals surface area contributed by atoms with Crippen LogP contribution in [0.2, 0.25) is 0 Å². The van der Waals surface area contributed by atoms with E-state index in [1.807, 2.05) is 22.8 Å². The molecule has 5 heterocycles. The van der Waals surface area contributed by atoms with Crippen LogP contribution < -0.4 is 4.90 Å². The Bertz CT molecular complexity index is 1270. The summed E-state index contributed by atoms with van der Waals surface area (Å²) in [6.07, 6.45) is 7.52. The van der Waals surface area contributed by atoms with Gasteiger partial charge in [0.1, 0.15) is 0 Å². The molecule has 0 aliphatic carbocycles. The Labute approximate surface area is 211 Å². The van der Waals surface area contributed by atoms with Crippen molar-refractivity contribution in [2.75, 3.05) is 31.1 Å². The first-order valence-corrected chi connectivity index (χ1v) is 13.1. The van der Waals surface area contributed by atoms with Gasteiger partial charge in [0.15, 0.2) is 11.4 Å². The molecule has 2 aliphatic heterocycles. The van der Waals surface area contributed by atoms with E-state index in [1.54, 1.807) is 6.26 Å². The molecule has 2 saturated heterocycles. The van der Waals surface area contributed by atoms with Gasteiger partial charge in [0.05, 0.1) is 18.5 Å². The number of likely N-dealkylation sites (tertiary alicyclic amines) is 1. The summed E-state index contributed by atoms with van der Waals surface area (Å²) in [6.45, 7) is 8.75. The lowest BCUT2D eigenvalue weighted by molar-refractivity contribution is -0.00584. The van der Waals surface area contributed by atoms with Gasteiger partial charge in [-0.3, -0.25) is 4.90 Å². The van der Waals surface area contributed by atoms with Crippen LogP contribution >= 0.6 is 0 Å². The predicted octanol–water partition coefficient (Wildman–Crippen LogP) is 4.45. The van der Waals surface area contributed by atoms with E-state index in [0.29, 0.717) is 11.6 Å². The molecule has 2 unspecified atom stereocenters. The predicted molar refractivity (Wildman–Crippen MR) is 139 cm³/mol. The second kappa shape index (κ2) is 10.0. The quantitative estimate of drug-likeness (QED) is 0.399. The zero-order chi connectivity index (χ0) is 24.5. The van der Waals surface area contributed by atoms with Crippen LogP contribution in [0.5, 0.6) is 0 Å². The molecule has 0 spiro atoms. The summed E-state index contributed by atoms with van der Waals surface area (Å²) in [5, 5.41) is 4.84. The first-order chi connectivity index (χ1) is 17.6. The maximum absolute atomic E-state index is 5.95. The molecular formula is C28H34N6O2. The van der Waals surface area contributed by atoms with Crippen molar-refractivity contribution in [1.29, 1.82) is 0 Å². The Morgan fingerprint density at radius 1 is 0.972 bits per heavy atom. The number of benzene rings is 1. The summed E-state index contributed by atoms with van der Waals surface area (Å²) in [4.78, 5) is 14.6. The van der Waals surface area contributed by atoms with Gasteiger partial charge >= 0.3 is 0 Å². The molecule has 2 fully saturated rings. The van der Waals surface area contributed by atoms with Crippen molar-refractivity contribution in [1.82, 2.24) is 24.5 Å². The molecule has 2 atom stereocenters. The lowest BCUT2D eigenvalue weighted by Crippen LogP contribution is -2.46. The minimum atomic E-state index is 0.135. The van der Waals surface area contributed by atoms with Crippen LogP contribution in [-0.2, 0) is 17.7 Å². The number of aromatic nitrogens is 4. The molecule has 1 aromatic carbocycles. The van der Waals surface area contributed by atoms with E-state index in [0.717, 1.165) is 55.8 Å². The molecule has 0 N–H and O–H groups in total. The monoisotopic (exact) mass is 486 g/mol. The van der Waals surface area contributed by atoms with Crippen LogP contribution in [0.3, 0.4) is 0 Å². The fourth-order valence-electron chi connectivity index (χ4n) is 5.62. The van der Waals surface area contributed by atoms with Gasteiger partial charge in [-0.15, -0.1) is 5.10 Å². The second-order valence-corrected chi connectivity index (χ2v) is 10.3. The number of ether oxygens (including phenoxy) is 1. The molecule has 4 aromatic rings. The van der Waals surface area contributed by atoms with E-state index < -0.39 is 0 Å². The van der Waals surface area contributed by atoms with Gasteiger partial charge < -0.3 is 14.1 Å². The number of hydrogen-bond donors (Lipinski definition) is 0. The number of nitrogens with zero attached hydrogens (tertiary/aromatic N) is 6. The van der Waals surface area contributed by atoms with E-state index in [-0.39, 0.29) is 12.2 Å². The van der Waals surface area contributed by atoms with E-state index in [9.17, 15) is 0 Å². The molecule has 2 aliphatic rings. The lowest BCUT2D eigenvalue weighted by atomic mass is 9.90. The summed E-state index contributed by atoms with van der Waals surface area (Å²) >= 11 is 0. The maximum Gasteiger partial charge on any atom is 0.228 e. The molecule has 3 aromatic heterocycles. The first-order valence-electron chi connectivity index (χ1n) is 13.1. The molecule has 8 nitrogen and oxygen atoms in total. The largest absolute Gasteiger partial charge is 0.461 e. The molecule has 36 heavy (non-hydrogen) atoms. The normalized spacial score (nSPS) is 21.9. The molecule has 0 amide bonds. The number of morpholine rings is 1. The zero-order valence-corrected chi connectivity index (χ0v) is 21.1. The van der Waals surface area contributed by atoms with Crippen molar-refractivity contribution in [2.45, 2.75) is 51.9 Å².